The first-order valence-corrected chi connectivity index (χ1v) is 3.82. The largest absolute Gasteiger partial charge is 0.279 e. The van der Waals surface area contributed by atoms with Crippen LogP contribution >= 0.6 is 11.6 Å². The summed E-state index contributed by atoms with van der Waals surface area (Å²) in [7, 11) is 1.26. The second-order valence-electron chi connectivity index (χ2n) is 2.23. The van der Waals surface area contributed by atoms with Gasteiger partial charge in [0.25, 0.3) is 5.91 Å². The Morgan fingerprint density at radius 1 is 1.62 bits per heavy atom. The van der Waals surface area contributed by atoms with E-state index in [9.17, 15) is 9.18 Å². The van der Waals surface area contributed by atoms with Crippen molar-refractivity contribution in [3.05, 3.63) is 34.6 Å². The van der Waals surface area contributed by atoms with E-state index in [1.807, 2.05) is 5.48 Å². The van der Waals surface area contributed by atoms with Gasteiger partial charge in [0.05, 0.1) is 17.7 Å². The van der Waals surface area contributed by atoms with Gasteiger partial charge in [0.1, 0.15) is 5.82 Å². The van der Waals surface area contributed by atoms with E-state index in [0.717, 1.165) is 6.07 Å². The summed E-state index contributed by atoms with van der Waals surface area (Å²) in [5, 5.41) is 0.0505. The summed E-state index contributed by atoms with van der Waals surface area (Å²) in [5.74, 6) is -1.38. The van der Waals surface area contributed by atoms with Crippen LogP contribution in [0.15, 0.2) is 18.2 Å². The van der Waals surface area contributed by atoms with Gasteiger partial charge >= 0.3 is 0 Å². The third-order valence-electron chi connectivity index (χ3n) is 1.38. The van der Waals surface area contributed by atoms with Crippen molar-refractivity contribution in [1.82, 2.24) is 5.48 Å². The van der Waals surface area contributed by atoms with E-state index in [2.05, 4.69) is 4.84 Å². The Hall–Kier alpha value is -1.13. The number of nitrogens with one attached hydrogen (secondary N) is 1. The van der Waals surface area contributed by atoms with E-state index in [0.29, 0.717) is 0 Å². The predicted molar refractivity (Wildman–Crippen MR) is 45.9 cm³/mol. The predicted octanol–water partition coefficient (Wildman–Crippen LogP) is 1.77. The molecule has 0 fully saturated rings. The molecule has 0 saturated carbocycles. The fourth-order valence-electron chi connectivity index (χ4n) is 0.858. The number of hydroxylamine groups is 1. The molecule has 3 nitrogen and oxygen atoms in total. The average molecular weight is 204 g/mol. The Labute approximate surface area is 79.4 Å². The summed E-state index contributed by atoms with van der Waals surface area (Å²) < 4.78 is 13.0. The van der Waals surface area contributed by atoms with Crippen LogP contribution in [0.3, 0.4) is 0 Å². The Morgan fingerprint density at radius 3 is 2.85 bits per heavy atom. The van der Waals surface area contributed by atoms with Crippen LogP contribution in [0.25, 0.3) is 0 Å². The summed E-state index contributed by atoms with van der Waals surface area (Å²) in [6.07, 6.45) is 0. The molecule has 0 aliphatic rings. The van der Waals surface area contributed by atoms with Crippen molar-refractivity contribution in [3.8, 4) is 0 Å². The smallest absolute Gasteiger partial charge is 0.277 e. The van der Waals surface area contributed by atoms with Crippen molar-refractivity contribution in [2.45, 2.75) is 0 Å². The molecule has 0 spiro atoms. The lowest BCUT2D eigenvalue weighted by atomic mass is 10.2. The van der Waals surface area contributed by atoms with E-state index in [1.165, 1.54) is 19.2 Å². The number of hydrogen-bond acceptors (Lipinski definition) is 2. The second-order valence-corrected chi connectivity index (χ2v) is 2.64. The molecule has 0 heterocycles. The highest BCUT2D eigenvalue weighted by Crippen LogP contribution is 2.18. The van der Waals surface area contributed by atoms with Gasteiger partial charge in [-0.25, -0.2) is 9.87 Å². The van der Waals surface area contributed by atoms with Gasteiger partial charge in [0.15, 0.2) is 0 Å². The summed E-state index contributed by atoms with van der Waals surface area (Å²) in [4.78, 5) is 15.5. The number of amides is 1. The lowest BCUT2D eigenvalue weighted by molar-refractivity contribution is 0.0533. The second kappa shape index (κ2) is 4.20. The highest BCUT2D eigenvalue weighted by molar-refractivity contribution is 6.33. The minimum absolute atomic E-state index is 0.0505. The number of benzene rings is 1. The van der Waals surface area contributed by atoms with E-state index < -0.39 is 11.7 Å². The third kappa shape index (κ3) is 2.17. The molecule has 1 aromatic rings. The first-order chi connectivity index (χ1) is 6.16. The van der Waals surface area contributed by atoms with Gasteiger partial charge in [-0.2, -0.15) is 0 Å². The van der Waals surface area contributed by atoms with Crippen LogP contribution in [-0.2, 0) is 4.84 Å². The molecule has 70 valence electrons. The zero-order valence-corrected chi connectivity index (χ0v) is 7.56. The molecule has 13 heavy (non-hydrogen) atoms. The van der Waals surface area contributed by atoms with Crippen LogP contribution in [-0.4, -0.2) is 13.0 Å². The molecule has 0 saturated heterocycles. The lowest BCUT2D eigenvalue weighted by Crippen LogP contribution is -2.23. The SMILES string of the molecule is CONC(=O)c1c(F)cccc1Cl. The van der Waals surface area contributed by atoms with Gasteiger partial charge in [0, 0.05) is 0 Å². The quantitative estimate of drug-likeness (QED) is 0.744. The maximum absolute atomic E-state index is 13.0. The molecule has 0 aliphatic heterocycles. The lowest BCUT2D eigenvalue weighted by Gasteiger charge is -2.04. The summed E-state index contributed by atoms with van der Waals surface area (Å²) >= 11 is 5.60. The first kappa shape index (κ1) is 9.95. The van der Waals surface area contributed by atoms with E-state index in [1.54, 1.807) is 0 Å². The molecule has 1 aromatic carbocycles. The van der Waals surface area contributed by atoms with Crippen molar-refractivity contribution in [3.63, 3.8) is 0 Å². The van der Waals surface area contributed by atoms with Gasteiger partial charge < -0.3 is 0 Å². The molecule has 0 radical (unpaired) electrons. The Balaban J connectivity index is 3.05. The van der Waals surface area contributed by atoms with E-state index >= 15 is 0 Å². The minimum Gasteiger partial charge on any atom is -0.277 e. The van der Waals surface area contributed by atoms with Crippen LogP contribution in [0.4, 0.5) is 4.39 Å². The Morgan fingerprint density at radius 2 is 2.31 bits per heavy atom. The van der Waals surface area contributed by atoms with Crippen molar-refractivity contribution in [1.29, 1.82) is 0 Å². The first-order valence-electron chi connectivity index (χ1n) is 3.44. The number of halogens is 2. The molecule has 1 N–H and O–H groups in total. The minimum atomic E-state index is -0.703. The van der Waals surface area contributed by atoms with Crippen molar-refractivity contribution in [2.24, 2.45) is 0 Å². The number of carbonyl (C=O) groups excluding carboxylic acids is 1. The fraction of sp³-hybridized carbons (Fsp3) is 0.125. The molecule has 0 unspecified atom stereocenters. The van der Waals surface area contributed by atoms with Crippen LogP contribution in [0.1, 0.15) is 10.4 Å². The Bertz CT molecular complexity index is 310. The van der Waals surface area contributed by atoms with Crippen LogP contribution in [0, 0.1) is 5.82 Å². The maximum Gasteiger partial charge on any atom is 0.279 e. The third-order valence-corrected chi connectivity index (χ3v) is 1.70. The summed E-state index contributed by atoms with van der Waals surface area (Å²) in [6, 6.07) is 3.99. The van der Waals surface area contributed by atoms with E-state index in [4.69, 9.17) is 11.6 Å². The maximum atomic E-state index is 13.0. The molecule has 0 aromatic heterocycles. The Kier molecular flexibility index (Phi) is 3.22. The van der Waals surface area contributed by atoms with Gasteiger partial charge in [-0.3, -0.25) is 9.63 Å². The van der Waals surface area contributed by atoms with Crippen molar-refractivity contribution < 1.29 is 14.0 Å². The van der Waals surface area contributed by atoms with Gasteiger partial charge in [-0.05, 0) is 12.1 Å². The zero-order chi connectivity index (χ0) is 9.84. The highest BCUT2D eigenvalue weighted by atomic mass is 35.5. The van der Waals surface area contributed by atoms with Crippen LogP contribution in [0.2, 0.25) is 5.02 Å². The standard InChI is InChI=1S/C8H7ClFNO2/c1-13-11-8(12)7-5(9)3-2-4-6(7)10/h2-4H,1H3,(H,11,12). The van der Waals surface area contributed by atoms with Gasteiger partial charge in [0.2, 0.25) is 0 Å². The van der Waals surface area contributed by atoms with Crippen molar-refractivity contribution in [2.75, 3.05) is 7.11 Å². The van der Waals surface area contributed by atoms with Crippen LogP contribution in [0.5, 0.6) is 0 Å². The van der Waals surface area contributed by atoms with Gasteiger partial charge in [-0.15, -0.1) is 0 Å². The molecule has 0 atom stereocenters. The average Bonchev–Trinajstić information content (AvgIpc) is 2.04. The summed E-state index contributed by atoms with van der Waals surface area (Å²) in [6.45, 7) is 0. The normalized spacial score (nSPS) is 9.77. The molecule has 0 bridgehead atoms. The number of carbonyl (C=O) groups is 1. The number of rotatable bonds is 2. The molecular formula is C8H7ClFNO2. The topological polar surface area (TPSA) is 38.3 Å². The van der Waals surface area contributed by atoms with Gasteiger partial charge in [-0.1, -0.05) is 17.7 Å². The molecule has 1 amide bonds. The zero-order valence-electron chi connectivity index (χ0n) is 6.80. The molecule has 1 rings (SSSR count). The molecule has 5 heteroatoms. The molecular weight excluding hydrogens is 197 g/mol. The highest BCUT2D eigenvalue weighted by Gasteiger charge is 2.14. The monoisotopic (exact) mass is 203 g/mol. The summed E-state index contributed by atoms with van der Waals surface area (Å²) in [5.41, 5.74) is 1.76. The fourth-order valence-corrected chi connectivity index (χ4v) is 1.11. The number of hydrogen-bond donors (Lipinski definition) is 1. The van der Waals surface area contributed by atoms with Crippen molar-refractivity contribution >= 4 is 17.5 Å². The van der Waals surface area contributed by atoms with Crippen LogP contribution < -0.4 is 5.48 Å². The van der Waals surface area contributed by atoms with E-state index in [-0.39, 0.29) is 10.6 Å². The molecule has 0 aliphatic carbocycles.